The largest absolute Gasteiger partial charge is 0.295 e. The van der Waals surface area contributed by atoms with Crippen molar-refractivity contribution in [1.82, 2.24) is 5.32 Å². The molecule has 0 bridgehead atoms. The maximum absolute atomic E-state index is 12.8. The van der Waals surface area contributed by atoms with Gasteiger partial charge in [-0.05, 0) is 34.5 Å². The van der Waals surface area contributed by atoms with Crippen molar-refractivity contribution < 1.29 is 14.4 Å². The summed E-state index contributed by atoms with van der Waals surface area (Å²) in [6.07, 6.45) is 0. The molecule has 25 heavy (non-hydrogen) atoms. The van der Waals surface area contributed by atoms with Crippen LogP contribution in [0.5, 0.6) is 0 Å². The molecule has 0 saturated carbocycles. The SMILES string of the molecule is O=C1NC(=O)C(c2ccc3c(=O)c4cc(Cl)ccc4ccc3c2)C1=O. The molecule has 1 fully saturated rings. The van der Waals surface area contributed by atoms with Crippen molar-refractivity contribution in [1.29, 1.82) is 0 Å². The summed E-state index contributed by atoms with van der Waals surface area (Å²) in [7, 11) is 0. The lowest BCUT2D eigenvalue weighted by atomic mass is 9.94. The molecule has 0 spiro atoms. The number of hydrogen-bond acceptors (Lipinski definition) is 4. The minimum absolute atomic E-state index is 0.192. The summed E-state index contributed by atoms with van der Waals surface area (Å²) in [6, 6.07) is 13.3. The second-order valence-corrected chi connectivity index (χ2v) is 6.29. The van der Waals surface area contributed by atoms with Gasteiger partial charge in [-0.15, -0.1) is 0 Å². The van der Waals surface area contributed by atoms with E-state index >= 15 is 0 Å². The lowest BCUT2D eigenvalue weighted by molar-refractivity contribution is -0.135. The van der Waals surface area contributed by atoms with Gasteiger partial charge in [0.2, 0.25) is 11.7 Å². The van der Waals surface area contributed by atoms with Crippen LogP contribution in [0.1, 0.15) is 11.5 Å². The van der Waals surface area contributed by atoms with E-state index in [9.17, 15) is 19.2 Å². The van der Waals surface area contributed by atoms with E-state index in [4.69, 9.17) is 11.6 Å². The van der Waals surface area contributed by atoms with E-state index in [-0.39, 0.29) is 5.43 Å². The highest BCUT2D eigenvalue weighted by molar-refractivity contribution is 6.50. The minimum Gasteiger partial charge on any atom is -0.289 e. The van der Waals surface area contributed by atoms with Gasteiger partial charge in [0.05, 0.1) is 0 Å². The van der Waals surface area contributed by atoms with Gasteiger partial charge in [0.1, 0.15) is 5.92 Å². The maximum atomic E-state index is 12.8. The molecule has 0 aliphatic carbocycles. The molecule has 0 radical (unpaired) electrons. The van der Waals surface area contributed by atoms with Crippen molar-refractivity contribution in [2.45, 2.75) is 5.92 Å². The number of halogens is 1. The van der Waals surface area contributed by atoms with E-state index < -0.39 is 23.5 Å². The molecular weight excluding hydrogens is 342 g/mol. The smallest absolute Gasteiger partial charge is 0.289 e. The number of fused-ring (bicyclic) bond motifs is 2. The van der Waals surface area contributed by atoms with Gasteiger partial charge < -0.3 is 0 Å². The molecule has 1 aliphatic rings. The second-order valence-electron chi connectivity index (χ2n) is 5.86. The molecule has 2 amide bonds. The van der Waals surface area contributed by atoms with Crippen LogP contribution in [0.2, 0.25) is 5.02 Å². The first kappa shape index (κ1) is 15.5. The summed E-state index contributed by atoms with van der Waals surface area (Å²) in [4.78, 5) is 47.9. The zero-order valence-electron chi connectivity index (χ0n) is 12.7. The van der Waals surface area contributed by atoms with Crippen LogP contribution in [0.25, 0.3) is 21.5 Å². The Hall–Kier alpha value is -3.05. The Kier molecular flexibility index (Phi) is 3.40. The fourth-order valence-corrected chi connectivity index (χ4v) is 3.27. The Balaban J connectivity index is 1.99. The maximum Gasteiger partial charge on any atom is 0.295 e. The standard InChI is InChI=1S/C19H10ClNO4/c20-12-5-3-9-1-2-10-7-11(15-17(23)19(25)21-18(15)24)4-6-13(10)16(22)14(9)8-12/h1-8,15H,(H,21,24,25). The number of Topliss-reactive ketones (excluding diaryl/α,β-unsaturated/α-hetero) is 1. The Morgan fingerprint density at radius 2 is 1.52 bits per heavy atom. The van der Waals surface area contributed by atoms with Crippen LogP contribution >= 0.6 is 11.6 Å². The highest BCUT2D eigenvalue weighted by Crippen LogP contribution is 2.25. The number of rotatable bonds is 1. The van der Waals surface area contributed by atoms with Gasteiger partial charge in [-0.3, -0.25) is 24.5 Å². The number of ketones is 1. The number of amides is 2. The first-order valence-corrected chi connectivity index (χ1v) is 7.89. The van der Waals surface area contributed by atoms with Crippen LogP contribution in [0.4, 0.5) is 0 Å². The average molecular weight is 352 g/mol. The van der Waals surface area contributed by atoms with Crippen molar-refractivity contribution >= 4 is 50.7 Å². The van der Waals surface area contributed by atoms with Gasteiger partial charge in [-0.1, -0.05) is 41.9 Å². The number of carbonyl (C=O) groups excluding carboxylic acids is 3. The van der Waals surface area contributed by atoms with Crippen LogP contribution < -0.4 is 10.7 Å². The van der Waals surface area contributed by atoms with Gasteiger partial charge in [-0.25, -0.2) is 0 Å². The highest BCUT2D eigenvalue weighted by Gasteiger charge is 2.41. The first-order valence-electron chi connectivity index (χ1n) is 7.51. The third-order valence-corrected chi connectivity index (χ3v) is 4.58. The fourth-order valence-electron chi connectivity index (χ4n) is 3.10. The second kappa shape index (κ2) is 5.50. The van der Waals surface area contributed by atoms with Crippen LogP contribution in [0, 0.1) is 0 Å². The van der Waals surface area contributed by atoms with Gasteiger partial charge in [0.15, 0.2) is 5.43 Å². The van der Waals surface area contributed by atoms with Crippen molar-refractivity contribution in [3.63, 3.8) is 0 Å². The zero-order valence-corrected chi connectivity index (χ0v) is 13.5. The number of carbonyl (C=O) groups is 3. The molecule has 1 atom stereocenters. The van der Waals surface area contributed by atoms with Crippen molar-refractivity contribution in [2.75, 3.05) is 0 Å². The minimum atomic E-state index is -1.17. The number of benzene rings is 2. The summed E-state index contributed by atoms with van der Waals surface area (Å²) >= 11 is 5.99. The monoisotopic (exact) mass is 351 g/mol. The molecule has 0 aromatic heterocycles. The molecule has 3 aromatic carbocycles. The fraction of sp³-hybridized carbons (Fsp3) is 0.0526. The van der Waals surface area contributed by atoms with Crippen LogP contribution in [-0.4, -0.2) is 17.6 Å². The van der Waals surface area contributed by atoms with Gasteiger partial charge in [-0.2, -0.15) is 0 Å². The Bertz CT molecular complexity index is 1170. The molecule has 1 N–H and O–H groups in total. The van der Waals surface area contributed by atoms with Gasteiger partial charge in [0.25, 0.3) is 5.91 Å². The quantitative estimate of drug-likeness (QED) is 0.414. The predicted octanol–water partition coefficient (Wildman–Crippen LogP) is 2.32. The lowest BCUT2D eigenvalue weighted by Crippen LogP contribution is -2.22. The van der Waals surface area contributed by atoms with Crippen molar-refractivity contribution in [3.05, 3.63) is 69.3 Å². The molecule has 1 aliphatic heterocycles. The molecule has 4 rings (SSSR count). The molecule has 1 heterocycles. The number of imide groups is 1. The summed E-state index contributed by atoms with van der Waals surface area (Å²) < 4.78 is 0. The third-order valence-electron chi connectivity index (χ3n) is 4.34. The normalized spacial score (nSPS) is 17.3. The summed E-state index contributed by atoms with van der Waals surface area (Å²) in [5.74, 6) is -3.50. The van der Waals surface area contributed by atoms with E-state index in [0.717, 1.165) is 5.39 Å². The Morgan fingerprint density at radius 1 is 0.800 bits per heavy atom. The summed E-state index contributed by atoms with van der Waals surface area (Å²) in [5.41, 5.74) is 0.191. The topological polar surface area (TPSA) is 80.3 Å². The summed E-state index contributed by atoms with van der Waals surface area (Å²) in [6.45, 7) is 0. The predicted molar refractivity (Wildman–Crippen MR) is 93.6 cm³/mol. The average Bonchev–Trinajstić information content (AvgIpc) is 2.76. The molecule has 1 unspecified atom stereocenters. The van der Waals surface area contributed by atoms with Crippen molar-refractivity contribution in [3.8, 4) is 0 Å². The molecular formula is C19H10ClNO4. The van der Waals surface area contributed by atoms with Crippen LogP contribution in [0.15, 0.2) is 53.3 Å². The molecule has 5 nitrogen and oxygen atoms in total. The van der Waals surface area contributed by atoms with E-state index in [0.29, 0.717) is 26.7 Å². The Labute approximate surface area is 146 Å². The number of nitrogens with one attached hydrogen (secondary N) is 1. The third kappa shape index (κ3) is 2.40. The van der Waals surface area contributed by atoms with Gasteiger partial charge >= 0.3 is 0 Å². The molecule has 1 saturated heterocycles. The lowest BCUT2D eigenvalue weighted by Gasteiger charge is -2.05. The van der Waals surface area contributed by atoms with E-state index in [1.807, 2.05) is 5.32 Å². The van der Waals surface area contributed by atoms with E-state index in [1.54, 1.807) is 42.5 Å². The van der Waals surface area contributed by atoms with Crippen molar-refractivity contribution in [2.24, 2.45) is 0 Å². The van der Waals surface area contributed by atoms with E-state index in [2.05, 4.69) is 0 Å². The first-order chi connectivity index (χ1) is 12.0. The molecule has 122 valence electrons. The molecule has 3 aromatic rings. The van der Waals surface area contributed by atoms with E-state index in [1.165, 1.54) is 6.07 Å². The van der Waals surface area contributed by atoms with Gasteiger partial charge in [0, 0.05) is 15.8 Å². The number of hydrogen-bond donors (Lipinski definition) is 1. The summed E-state index contributed by atoms with van der Waals surface area (Å²) in [5, 5.41) is 4.72. The van der Waals surface area contributed by atoms with Crippen LogP contribution in [0.3, 0.4) is 0 Å². The highest BCUT2D eigenvalue weighted by atomic mass is 35.5. The molecule has 6 heteroatoms. The Morgan fingerprint density at radius 3 is 2.24 bits per heavy atom. The zero-order chi connectivity index (χ0) is 17.7. The van der Waals surface area contributed by atoms with Crippen LogP contribution in [-0.2, 0) is 14.4 Å².